The molecule has 0 atom stereocenters. The van der Waals surface area contributed by atoms with Crippen LogP contribution in [0.2, 0.25) is 5.02 Å². The maximum atomic E-state index is 13.3. The molecule has 0 saturated heterocycles. The predicted molar refractivity (Wildman–Crippen MR) is 102 cm³/mol. The molecule has 0 unspecified atom stereocenters. The van der Waals surface area contributed by atoms with E-state index in [1.807, 2.05) is 10.8 Å². The van der Waals surface area contributed by atoms with Gasteiger partial charge in [0, 0.05) is 24.0 Å². The Morgan fingerprint density at radius 1 is 1.50 bits per heavy atom. The maximum absolute atomic E-state index is 13.3. The molecule has 1 N–H and O–H groups in total. The summed E-state index contributed by atoms with van der Waals surface area (Å²) in [5, 5.41) is 11.5. The van der Waals surface area contributed by atoms with Gasteiger partial charge in [0.05, 0.1) is 29.0 Å². The second kappa shape index (κ2) is 8.89. The quantitative estimate of drug-likeness (QED) is 0.728. The van der Waals surface area contributed by atoms with Crippen LogP contribution in [0.15, 0.2) is 43.0 Å². The summed E-state index contributed by atoms with van der Waals surface area (Å²) in [6.45, 7) is 3.59. The number of benzene rings is 1. The van der Waals surface area contributed by atoms with E-state index in [9.17, 15) is 9.18 Å². The molecule has 1 aliphatic carbocycles. The van der Waals surface area contributed by atoms with Crippen molar-refractivity contribution in [1.29, 1.82) is 5.26 Å². The molecule has 3 rings (SSSR count). The Labute approximate surface area is 167 Å². The highest BCUT2D eigenvalue weighted by Gasteiger charge is 2.30. The molecule has 0 aliphatic heterocycles. The monoisotopic (exact) mass is 402 g/mol. The molecule has 2 aromatic rings. The van der Waals surface area contributed by atoms with Gasteiger partial charge in [0.1, 0.15) is 11.6 Å². The van der Waals surface area contributed by atoms with Crippen LogP contribution in [0, 0.1) is 23.1 Å². The molecular formula is C20H20ClFN4O2. The topological polar surface area (TPSA) is 79.9 Å². The number of allylic oxidation sites excluding steroid dienone is 1. The van der Waals surface area contributed by atoms with Gasteiger partial charge in [0.15, 0.2) is 6.61 Å². The van der Waals surface area contributed by atoms with Crippen molar-refractivity contribution in [3.63, 3.8) is 0 Å². The van der Waals surface area contributed by atoms with Crippen molar-refractivity contribution in [2.45, 2.75) is 31.7 Å². The highest BCUT2D eigenvalue weighted by atomic mass is 35.5. The van der Waals surface area contributed by atoms with Gasteiger partial charge >= 0.3 is 0 Å². The second-order valence-corrected chi connectivity index (χ2v) is 7.19. The van der Waals surface area contributed by atoms with Crippen LogP contribution in [0.4, 0.5) is 4.39 Å². The zero-order valence-corrected chi connectivity index (χ0v) is 16.0. The molecule has 28 heavy (non-hydrogen) atoms. The van der Waals surface area contributed by atoms with Gasteiger partial charge in [-0.15, -0.1) is 0 Å². The summed E-state index contributed by atoms with van der Waals surface area (Å²) in [5.74, 6) is -0.600. The molecule has 146 valence electrons. The molecule has 8 heteroatoms. The third-order valence-corrected chi connectivity index (χ3v) is 4.94. The van der Waals surface area contributed by atoms with E-state index < -0.39 is 5.82 Å². The van der Waals surface area contributed by atoms with Gasteiger partial charge in [-0.2, -0.15) is 5.26 Å². The number of rotatable bonds is 8. The SMILES string of the molecule is C=C(CCc1cn(C2CC(C#N)C2)cn1)NC(=O)COc1ccc(Cl)c(F)c1. The number of imidazole rings is 1. The van der Waals surface area contributed by atoms with E-state index in [4.69, 9.17) is 21.6 Å². The van der Waals surface area contributed by atoms with E-state index in [0.717, 1.165) is 24.6 Å². The Bertz CT molecular complexity index is 915. The highest BCUT2D eigenvalue weighted by molar-refractivity contribution is 6.30. The number of carbonyl (C=O) groups excluding carboxylic acids is 1. The van der Waals surface area contributed by atoms with E-state index in [1.54, 1.807) is 6.33 Å². The fourth-order valence-corrected chi connectivity index (χ4v) is 3.05. The van der Waals surface area contributed by atoms with Gasteiger partial charge in [-0.05, 0) is 37.8 Å². The predicted octanol–water partition coefficient (Wildman–Crippen LogP) is 3.79. The lowest BCUT2D eigenvalue weighted by Crippen LogP contribution is -2.28. The number of halogens is 2. The first-order valence-electron chi connectivity index (χ1n) is 8.92. The van der Waals surface area contributed by atoms with E-state index in [0.29, 0.717) is 24.6 Å². The standard InChI is InChI=1S/C20H20ClFN4O2/c1-13(25-20(27)11-28-17-4-5-18(21)19(22)8-17)2-3-15-10-26(12-24-15)16-6-14(7-16)9-23/h4-5,8,10,12,14,16H,1-3,6-7,11H2,(H,25,27). The van der Waals surface area contributed by atoms with Crippen LogP contribution in [-0.2, 0) is 11.2 Å². The van der Waals surface area contributed by atoms with Crippen molar-refractivity contribution in [1.82, 2.24) is 14.9 Å². The van der Waals surface area contributed by atoms with Crippen LogP contribution < -0.4 is 10.1 Å². The molecule has 1 aromatic carbocycles. The zero-order valence-electron chi connectivity index (χ0n) is 15.2. The number of aryl methyl sites for hydroxylation is 1. The van der Waals surface area contributed by atoms with Gasteiger partial charge in [-0.3, -0.25) is 4.79 Å². The molecule has 1 heterocycles. The van der Waals surface area contributed by atoms with E-state index >= 15 is 0 Å². The minimum Gasteiger partial charge on any atom is -0.484 e. The van der Waals surface area contributed by atoms with Gasteiger partial charge in [0.2, 0.25) is 0 Å². The summed E-state index contributed by atoms with van der Waals surface area (Å²) in [7, 11) is 0. The average molecular weight is 403 g/mol. The smallest absolute Gasteiger partial charge is 0.262 e. The number of hydrogen-bond donors (Lipinski definition) is 1. The summed E-state index contributed by atoms with van der Waals surface area (Å²) in [5.41, 5.74) is 1.46. The number of nitrogens with zero attached hydrogens (tertiary/aromatic N) is 3. The van der Waals surface area contributed by atoms with Gasteiger partial charge in [-0.1, -0.05) is 18.2 Å². The van der Waals surface area contributed by atoms with Gasteiger partial charge in [-0.25, -0.2) is 9.37 Å². The largest absolute Gasteiger partial charge is 0.484 e. The van der Waals surface area contributed by atoms with E-state index in [1.165, 1.54) is 12.1 Å². The Hall–Kier alpha value is -2.85. The van der Waals surface area contributed by atoms with Crippen molar-refractivity contribution in [3.8, 4) is 11.8 Å². The lowest BCUT2D eigenvalue weighted by atomic mass is 9.81. The molecular weight excluding hydrogens is 383 g/mol. The van der Waals surface area contributed by atoms with Crippen molar-refractivity contribution >= 4 is 17.5 Å². The van der Waals surface area contributed by atoms with Crippen molar-refractivity contribution in [2.75, 3.05) is 6.61 Å². The Kier molecular flexibility index (Phi) is 6.32. The van der Waals surface area contributed by atoms with Crippen molar-refractivity contribution in [2.24, 2.45) is 5.92 Å². The Morgan fingerprint density at radius 3 is 3.00 bits per heavy atom. The molecule has 1 amide bonds. The number of carbonyl (C=O) groups is 1. The Morgan fingerprint density at radius 2 is 2.29 bits per heavy atom. The highest BCUT2D eigenvalue weighted by Crippen LogP contribution is 2.37. The molecule has 0 spiro atoms. The second-order valence-electron chi connectivity index (χ2n) is 6.78. The summed E-state index contributed by atoms with van der Waals surface area (Å²) >= 11 is 5.60. The average Bonchev–Trinajstić information content (AvgIpc) is 3.09. The number of ether oxygens (including phenoxy) is 1. The van der Waals surface area contributed by atoms with Crippen molar-refractivity contribution in [3.05, 3.63) is 59.5 Å². The molecule has 1 aliphatic rings. The molecule has 1 saturated carbocycles. The number of aromatic nitrogens is 2. The zero-order chi connectivity index (χ0) is 20.1. The third-order valence-electron chi connectivity index (χ3n) is 4.63. The summed E-state index contributed by atoms with van der Waals surface area (Å²) in [6, 6.07) is 6.61. The number of amides is 1. The molecule has 0 radical (unpaired) electrons. The molecule has 0 bridgehead atoms. The minimum absolute atomic E-state index is 0.00480. The molecule has 1 fully saturated rings. The fraction of sp³-hybridized carbons (Fsp3) is 0.350. The van der Waals surface area contributed by atoms with Crippen LogP contribution in [-0.4, -0.2) is 22.1 Å². The fourth-order valence-electron chi connectivity index (χ4n) is 2.94. The number of nitriles is 1. The minimum atomic E-state index is -0.603. The number of hydrogen-bond acceptors (Lipinski definition) is 4. The van der Waals surface area contributed by atoms with Gasteiger partial charge < -0.3 is 14.6 Å². The maximum Gasteiger partial charge on any atom is 0.262 e. The third kappa shape index (κ3) is 5.11. The normalized spacial score (nSPS) is 18.0. The Balaban J connectivity index is 1.38. The van der Waals surface area contributed by atoms with Crippen LogP contribution in [0.5, 0.6) is 5.75 Å². The lowest BCUT2D eigenvalue weighted by Gasteiger charge is -2.31. The first-order valence-corrected chi connectivity index (χ1v) is 9.30. The van der Waals surface area contributed by atoms with E-state index in [2.05, 4.69) is 22.9 Å². The molecule has 6 nitrogen and oxygen atoms in total. The molecule has 1 aromatic heterocycles. The summed E-state index contributed by atoms with van der Waals surface area (Å²) in [6.07, 6.45) is 6.69. The van der Waals surface area contributed by atoms with E-state index in [-0.39, 0.29) is 29.2 Å². The van der Waals surface area contributed by atoms with Crippen LogP contribution >= 0.6 is 11.6 Å². The van der Waals surface area contributed by atoms with Crippen LogP contribution in [0.3, 0.4) is 0 Å². The lowest BCUT2D eigenvalue weighted by molar-refractivity contribution is -0.122. The van der Waals surface area contributed by atoms with Crippen LogP contribution in [0.25, 0.3) is 0 Å². The number of nitrogens with one attached hydrogen (secondary N) is 1. The first-order chi connectivity index (χ1) is 13.4. The summed E-state index contributed by atoms with van der Waals surface area (Å²) < 4.78 is 20.6. The first kappa shape index (κ1) is 19.9. The van der Waals surface area contributed by atoms with Gasteiger partial charge in [0.25, 0.3) is 5.91 Å². The van der Waals surface area contributed by atoms with Crippen LogP contribution in [0.1, 0.15) is 31.0 Å². The van der Waals surface area contributed by atoms with Crippen molar-refractivity contribution < 1.29 is 13.9 Å². The summed E-state index contributed by atoms with van der Waals surface area (Å²) in [4.78, 5) is 16.3.